The number of carboxylic acids is 1. The summed E-state index contributed by atoms with van der Waals surface area (Å²) in [6, 6.07) is 9.39. The fourth-order valence-electron chi connectivity index (χ4n) is 3.12. The van der Waals surface area contributed by atoms with Gasteiger partial charge in [0.1, 0.15) is 18.2 Å². The summed E-state index contributed by atoms with van der Waals surface area (Å²) in [6.07, 6.45) is 2.50. The number of anilines is 1. The molecule has 0 aromatic heterocycles. The molecule has 0 radical (unpaired) electrons. The van der Waals surface area contributed by atoms with Crippen LogP contribution < -0.4 is 15.8 Å². The molecule has 0 amide bonds. The summed E-state index contributed by atoms with van der Waals surface area (Å²) in [6.45, 7) is 7.67. The molecule has 0 saturated carbocycles. The van der Waals surface area contributed by atoms with Crippen LogP contribution in [0, 0.1) is 5.41 Å². The molecule has 0 spiro atoms. The molecule has 0 heterocycles. The van der Waals surface area contributed by atoms with Crippen molar-refractivity contribution in [1.82, 2.24) is 0 Å². The second-order valence-electron chi connectivity index (χ2n) is 6.96. The number of carbonyl (C=O) groups is 1. The van der Waals surface area contributed by atoms with Crippen molar-refractivity contribution in [2.75, 3.05) is 18.5 Å². The van der Waals surface area contributed by atoms with E-state index in [0.717, 1.165) is 17.5 Å². The summed E-state index contributed by atoms with van der Waals surface area (Å²) < 4.78 is 5.81. The third kappa shape index (κ3) is 5.39. The van der Waals surface area contributed by atoms with Crippen molar-refractivity contribution < 1.29 is 19.7 Å². The first kappa shape index (κ1) is 23.0. The Labute approximate surface area is 176 Å². The standard InChI is InChI=1S/C23H29N3O4/c1-4-14(3)18-12-15(5-2)13-19(21(18)30-11-10-27)20(23(28)29)26-17-8-6-16(7-9-17)22(24)25/h4,6-9,12-14,20,26-27H,1,5,10-11H2,2-3H3,(H3,24,25)(H,28,29). The van der Waals surface area contributed by atoms with Gasteiger partial charge in [-0.3, -0.25) is 5.41 Å². The topological polar surface area (TPSA) is 129 Å². The Morgan fingerprint density at radius 3 is 2.43 bits per heavy atom. The van der Waals surface area contributed by atoms with Gasteiger partial charge in [-0.05, 0) is 42.3 Å². The Hall–Kier alpha value is -3.32. The molecule has 6 N–H and O–H groups in total. The number of hydrogen-bond donors (Lipinski definition) is 5. The highest BCUT2D eigenvalue weighted by atomic mass is 16.5. The number of aliphatic carboxylic acids is 1. The molecule has 0 saturated heterocycles. The maximum absolute atomic E-state index is 12.2. The van der Waals surface area contributed by atoms with Gasteiger partial charge in [0.15, 0.2) is 6.04 Å². The van der Waals surface area contributed by atoms with Gasteiger partial charge < -0.3 is 26.0 Å². The molecule has 2 aromatic carbocycles. The minimum atomic E-state index is -1.08. The van der Waals surface area contributed by atoms with E-state index < -0.39 is 12.0 Å². The molecule has 0 fully saturated rings. The summed E-state index contributed by atoms with van der Waals surface area (Å²) in [5, 5.41) is 29.8. The summed E-state index contributed by atoms with van der Waals surface area (Å²) in [7, 11) is 0. The highest BCUT2D eigenvalue weighted by Crippen LogP contribution is 2.37. The van der Waals surface area contributed by atoms with Crippen LogP contribution in [0.15, 0.2) is 49.1 Å². The number of nitrogens with two attached hydrogens (primary N) is 1. The molecule has 7 nitrogen and oxygen atoms in total. The zero-order valence-electron chi connectivity index (χ0n) is 17.3. The first-order valence-electron chi connectivity index (χ1n) is 9.79. The summed E-state index contributed by atoms with van der Waals surface area (Å²) in [5.74, 6) is -0.748. The van der Waals surface area contributed by atoms with E-state index in [4.69, 9.17) is 15.9 Å². The smallest absolute Gasteiger partial charge is 0.330 e. The van der Waals surface area contributed by atoms with Crippen LogP contribution in [0.4, 0.5) is 5.69 Å². The van der Waals surface area contributed by atoms with Crippen LogP contribution in [0.5, 0.6) is 5.75 Å². The monoisotopic (exact) mass is 411 g/mol. The molecule has 0 aliphatic rings. The minimum absolute atomic E-state index is 0.0506. The zero-order chi connectivity index (χ0) is 22.3. The third-order valence-corrected chi connectivity index (χ3v) is 4.86. The van der Waals surface area contributed by atoms with E-state index in [2.05, 4.69) is 11.9 Å². The predicted octanol–water partition coefficient (Wildman–Crippen LogP) is 3.43. The van der Waals surface area contributed by atoms with Crippen LogP contribution in [0.3, 0.4) is 0 Å². The minimum Gasteiger partial charge on any atom is -0.491 e. The lowest BCUT2D eigenvalue weighted by molar-refractivity contribution is -0.138. The molecule has 2 rings (SSSR count). The van der Waals surface area contributed by atoms with Crippen LogP contribution >= 0.6 is 0 Å². The summed E-state index contributed by atoms with van der Waals surface area (Å²) in [4.78, 5) is 12.2. The van der Waals surface area contributed by atoms with Crippen LogP contribution in [0.25, 0.3) is 0 Å². The van der Waals surface area contributed by atoms with Gasteiger partial charge in [-0.25, -0.2) is 4.79 Å². The van der Waals surface area contributed by atoms with Crippen molar-refractivity contribution in [2.45, 2.75) is 32.2 Å². The van der Waals surface area contributed by atoms with Gasteiger partial charge in [-0.15, -0.1) is 6.58 Å². The van der Waals surface area contributed by atoms with E-state index >= 15 is 0 Å². The Morgan fingerprint density at radius 1 is 1.30 bits per heavy atom. The normalized spacial score (nSPS) is 12.6. The lowest BCUT2D eigenvalue weighted by atomic mass is 9.91. The maximum atomic E-state index is 12.2. The van der Waals surface area contributed by atoms with Crippen LogP contribution in [0.2, 0.25) is 0 Å². The molecular formula is C23H29N3O4. The van der Waals surface area contributed by atoms with E-state index in [1.54, 1.807) is 30.3 Å². The van der Waals surface area contributed by atoms with E-state index in [9.17, 15) is 15.0 Å². The van der Waals surface area contributed by atoms with E-state index in [-0.39, 0.29) is 25.0 Å². The van der Waals surface area contributed by atoms with Crippen molar-refractivity contribution >= 4 is 17.5 Å². The quantitative estimate of drug-likeness (QED) is 0.219. The van der Waals surface area contributed by atoms with E-state index in [1.807, 2.05) is 26.0 Å². The predicted molar refractivity (Wildman–Crippen MR) is 118 cm³/mol. The van der Waals surface area contributed by atoms with Crippen LogP contribution in [-0.2, 0) is 11.2 Å². The Bertz CT molecular complexity index is 909. The Morgan fingerprint density at radius 2 is 1.93 bits per heavy atom. The molecule has 2 aromatic rings. The average Bonchev–Trinajstić information content (AvgIpc) is 2.75. The number of amidine groups is 1. The number of ether oxygens (including phenoxy) is 1. The molecule has 160 valence electrons. The lowest BCUT2D eigenvalue weighted by Gasteiger charge is -2.24. The molecule has 2 atom stereocenters. The largest absolute Gasteiger partial charge is 0.491 e. The highest BCUT2D eigenvalue weighted by molar-refractivity contribution is 5.95. The summed E-state index contributed by atoms with van der Waals surface area (Å²) >= 11 is 0. The molecular weight excluding hydrogens is 382 g/mol. The molecule has 30 heavy (non-hydrogen) atoms. The SMILES string of the molecule is C=CC(C)c1cc(CC)cc(C(Nc2ccc(C(=N)N)cc2)C(=O)O)c1OCCO. The number of nitrogen functional groups attached to an aromatic ring is 1. The first-order chi connectivity index (χ1) is 14.3. The van der Waals surface area contributed by atoms with Gasteiger partial charge in [0.25, 0.3) is 0 Å². The van der Waals surface area contributed by atoms with Gasteiger partial charge in [-0.2, -0.15) is 0 Å². The third-order valence-electron chi connectivity index (χ3n) is 4.86. The van der Waals surface area contributed by atoms with Crippen molar-refractivity contribution in [3.8, 4) is 5.75 Å². The second kappa shape index (κ2) is 10.5. The second-order valence-corrected chi connectivity index (χ2v) is 6.96. The van der Waals surface area contributed by atoms with Crippen LogP contribution in [0.1, 0.15) is 48.1 Å². The number of carboxylic acid groups (broad SMARTS) is 1. The number of aryl methyl sites for hydroxylation is 1. The van der Waals surface area contributed by atoms with Gasteiger partial charge >= 0.3 is 5.97 Å². The van der Waals surface area contributed by atoms with Crippen molar-refractivity contribution in [2.24, 2.45) is 5.73 Å². The number of nitrogens with one attached hydrogen (secondary N) is 2. The van der Waals surface area contributed by atoms with Crippen LogP contribution in [-0.4, -0.2) is 35.2 Å². The van der Waals surface area contributed by atoms with Crippen molar-refractivity contribution in [3.63, 3.8) is 0 Å². The van der Waals surface area contributed by atoms with Crippen molar-refractivity contribution in [3.05, 3.63) is 71.3 Å². The number of rotatable bonds is 11. The first-order valence-corrected chi connectivity index (χ1v) is 9.79. The van der Waals surface area contributed by atoms with Gasteiger partial charge in [-0.1, -0.05) is 26.0 Å². The Kier molecular flexibility index (Phi) is 8.00. The zero-order valence-corrected chi connectivity index (χ0v) is 17.3. The number of allylic oxidation sites excluding steroid dienone is 1. The molecule has 7 heteroatoms. The highest BCUT2D eigenvalue weighted by Gasteiger charge is 2.27. The fraction of sp³-hybridized carbons (Fsp3) is 0.304. The van der Waals surface area contributed by atoms with E-state index in [1.165, 1.54) is 0 Å². The van der Waals surface area contributed by atoms with E-state index in [0.29, 0.717) is 22.6 Å². The number of aliphatic hydroxyl groups excluding tert-OH is 1. The molecule has 0 aliphatic heterocycles. The average molecular weight is 412 g/mol. The van der Waals surface area contributed by atoms with Gasteiger partial charge in [0.2, 0.25) is 0 Å². The number of hydrogen-bond acceptors (Lipinski definition) is 5. The summed E-state index contributed by atoms with van der Waals surface area (Å²) in [5.41, 5.74) is 8.89. The molecule has 2 unspecified atom stereocenters. The molecule has 0 aliphatic carbocycles. The molecule has 0 bridgehead atoms. The van der Waals surface area contributed by atoms with Gasteiger partial charge in [0, 0.05) is 28.3 Å². The number of benzene rings is 2. The maximum Gasteiger partial charge on any atom is 0.330 e. The van der Waals surface area contributed by atoms with Crippen molar-refractivity contribution in [1.29, 1.82) is 5.41 Å². The fourth-order valence-corrected chi connectivity index (χ4v) is 3.12. The number of aliphatic hydroxyl groups is 1. The Balaban J connectivity index is 2.57. The van der Waals surface area contributed by atoms with Gasteiger partial charge in [0.05, 0.1) is 6.61 Å². The lowest BCUT2D eigenvalue weighted by Crippen LogP contribution is -2.23.